The smallest absolute Gasteiger partial charge is 0.327 e. The molecule has 0 saturated heterocycles. The highest BCUT2D eigenvalue weighted by Gasteiger charge is 2.21. The van der Waals surface area contributed by atoms with Gasteiger partial charge in [0, 0.05) is 31.2 Å². The molecule has 0 atom stereocenters. The summed E-state index contributed by atoms with van der Waals surface area (Å²) in [6.07, 6.45) is 7.07. The van der Waals surface area contributed by atoms with E-state index in [1.807, 2.05) is 13.1 Å². The van der Waals surface area contributed by atoms with Gasteiger partial charge < -0.3 is 15.6 Å². The van der Waals surface area contributed by atoms with E-state index in [9.17, 15) is 9.59 Å². The van der Waals surface area contributed by atoms with Gasteiger partial charge in [0.15, 0.2) is 0 Å². The monoisotopic (exact) mass is 266 g/mol. The minimum atomic E-state index is -0.619. The molecule has 0 aromatic carbocycles. The van der Waals surface area contributed by atoms with Crippen LogP contribution in [-0.4, -0.2) is 42.9 Å². The zero-order chi connectivity index (χ0) is 13.7. The van der Waals surface area contributed by atoms with Gasteiger partial charge >= 0.3 is 11.8 Å². The normalized spacial score (nSPS) is 20.8. The van der Waals surface area contributed by atoms with Crippen LogP contribution in [0.2, 0.25) is 0 Å². The van der Waals surface area contributed by atoms with Crippen LogP contribution in [-0.2, 0) is 9.59 Å². The largest absolute Gasteiger partial charge is 0.345 e. The number of amides is 2. The fourth-order valence-corrected chi connectivity index (χ4v) is 2.40. The molecule has 1 aliphatic heterocycles. The first kappa shape index (κ1) is 13.9. The highest BCUT2D eigenvalue weighted by Crippen LogP contribution is 2.17. The van der Waals surface area contributed by atoms with Crippen molar-refractivity contribution in [2.24, 2.45) is 0 Å². The first-order chi connectivity index (χ1) is 9.15. The number of carbonyl (C=O) groups is 2. The Kier molecular flexibility index (Phi) is 4.79. The Balaban J connectivity index is 1.70. The molecule has 2 aliphatic rings. The van der Waals surface area contributed by atoms with E-state index >= 15 is 0 Å². The molecule has 6 heteroatoms. The van der Waals surface area contributed by atoms with Crippen molar-refractivity contribution in [2.75, 3.05) is 20.1 Å². The number of nitrogens with zero attached hydrogens (tertiary/aromatic N) is 1. The molecule has 0 bridgehead atoms. The third-order valence-corrected chi connectivity index (χ3v) is 3.65. The maximum Gasteiger partial charge on any atom is 0.327 e. The molecule has 2 amide bonds. The topological polar surface area (TPSA) is 73.5 Å². The van der Waals surface area contributed by atoms with E-state index in [1.165, 1.54) is 0 Å². The summed E-state index contributed by atoms with van der Waals surface area (Å²) in [5, 5.41) is 2.75. The van der Waals surface area contributed by atoms with Gasteiger partial charge in [0.2, 0.25) is 0 Å². The van der Waals surface area contributed by atoms with E-state index in [1.54, 1.807) is 0 Å². The van der Waals surface area contributed by atoms with Gasteiger partial charge in [-0.1, -0.05) is 12.8 Å². The predicted molar refractivity (Wildman–Crippen MR) is 71.9 cm³/mol. The van der Waals surface area contributed by atoms with Crippen LogP contribution in [0.5, 0.6) is 0 Å². The van der Waals surface area contributed by atoms with Crippen LogP contribution in [0, 0.1) is 0 Å². The summed E-state index contributed by atoms with van der Waals surface area (Å²) in [6.45, 7) is 1.80. The first-order valence-electron chi connectivity index (χ1n) is 6.89. The maximum absolute atomic E-state index is 11.6. The van der Waals surface area contributed by atoms with Crippen LogP contribution in [0.15, 0.2) is 11.8 Å². The number of carbonyl (C=O) groups excluding carboxylic acids is 2. The number of nitrogens with one attached hydrogen (secondary N) is 3. The van der Waals surface area contributed by atoms with E-state index in [0.717, 1.165) is 50.9 Å². The summed E-state index contributed by atoms with van der Waals surface area (Å²) in [4.78, 5) is 25.4. The number of hydrogen-bond donors (Lipinski definition) is 3. The zero-order valence-electron chi connectivity index (χ0n) is 11.4. The van der Waals surface area contributed by atoms with Crippen LogP contribution >= 0.6 is 0 Å². The van der Waals surface area contributed by atoms with Crippen molar-refractivity contribution in [3.63, 3.8) is 0 Å². The Morgan fingerprint density at radius 1 is 1.26 bits per heavy atom. The van der Waals surface area contributed by atoms with Crippen molar-refractivity contribution in [1.29, 1.82) is 0 Å². The van der Waals surface area contributed by atoms with Crippen LogP contribution in [0.1, 0.15) is 32.1 Å². The molecule has 0 aromatic rings. The fraction of sp³-hybridized carbons (Fsp3) is 0.692. The Morgan fingerprint density at radius 3 is 2.63 bits per heavy atom. The summed E-state index contributed by atoms with van der Waals surface area (Å²) in [7, 11) is 2.04. The molecular formula is C13H22N4O2. The van der Waals surface area contributed by atoms with Crippen molar-refractivity contribution < 1.29 is 9.59 Å². The molecule has 1 heterocycles. The van der Waals surface area contributed by atoms with E-state index in [-0.39, 0.29) is 6.04 Å². The van der Waals surface area contributed by atoms with Gasteiger partial charge in [0.05, 0.1) is 0 Å². The summed E-state index contributed by atoms with van der Waals surface area (Å²) < 4.78 is 0. The lowest BCUT2D eigenvalue weighted by Gasteiger charge is -2.22. The average Bonchev–Trinajstić information content (AvgIpc) is 2.90. The van der Waals surface area contributed by atoms with Crippen molar-refractivity contribution in [2.45, 2.75) is 38.1 Å². The van der Waals surface area contributed by atoms with E-state index < -0.39 is 11.8 Å². The fourth-order valence-electron chi connectivity index (χ4n) is 2.40. The Hall–Kier alpha value is -1.56. The van der Waals surface area contributed by atoms with Gasteiger partial charge in [0.1, 0.15) is 0 Å². The number of likely N-dealkylation sites (N-methyl/N-ethyl adjacent to an activating group) is 1. The molecule has 2 rings (SSSR count). The van der Waals surface area contributed by atoms with E-state index in [2.05, 4.69) is 21.1 Å². The second-order valence-electron chi connectivity index (χ2n) is 5.28. The molecule has 1 fully saturated rings. The van der Waals surface area contributed by atoms with Gasteiger partial charge in [-0.05, 0) is 26.0 Å². The van der Waals surface area contributed by atoms with Crippen LogP contribution in [0.3, 0.4) is 0 Å². The molecule has 0 radical (unpaired) electrons. The summed E-state index contributed by atoms with van der Waals surface area (Å²) >= 11 is 0. The molecule has 0 spiro atoms. The number of hydrazine groups is 1. The Morgan fingerprint density at radius 2 is 2.00 bits per heavy atom. The maximum atomic E-state index is 11.6. The Labute approximate surface area is 113 Å². The number of hydrogen-bond acceptors (Lipinski definition) is 4. The molecule has 1 saturated carbocycles. The molecule has 19 heavy (non-hydrogen) atoms. The van der Waals surface area contributed by atoms with E-state index in [4.69, 9.17) is 0 Å². The van der Waals surface area contributed by atoms with Crippen molar-refractivity contribution in [3.05, 3.63) is 11.8 Å². The van der Waals surface area contributed by atoms with Crippen LogP contribution in [0.4, 0.5) is 0 Å². The summed E-state index contributed by atoms with van der Waals surface area (Å²) in [6, 6.07) is 0.167. The quantitative estimate of drug-likeness (QED) is 0.492. The molecule has 3 N–H and O–H groups in total. The molecule has 0 aromatic heterocycles. The second-order valence-corrected chi connectivity index (χ2v) is 5.28. The third kappa shape index (κ3) is 4.24. The van der Waals surface area contributed by atoms with Crippen molar-refractivity contribution >= 4 is 11.8 Å². The summed E-state index contributed by atoms with van der Waals surface area (Å²) in [5.41, 5.74) is 6.23. The summed E-state index contributed by atoms with van der Waals surface area (Å²) in [5.74, 6) is -1.17. The molecular weight excluding hydrogens is 244 g/mol. The minimum absolute atomic E-state index is 0.167. The van der Waals surface area contributed by atoms with Crippen molar-refractivity contribution in [3.8, 4) is 0 Å². The van der Waals surface area contributed by atoms with E-state index in [0.29, 0.717) is 0 Å². The highest BCUT2D eigenvalue weighted by atomic mass is 16.2. The Bertz CT molecular complexity index is 375. The first-order valence-corrected chi connectivity index (χ1v) is 6.89. The van der Waals surface area contributed by atoms with Crippen LogP contribution < -0.4 is 16.2 Å². The predicted octanol–water partition coefficient (Wildman–Crippen LogP) is -0.115. The number of rotatable bonds is 3. The lowest BCUT2D eigenvalue weighted by Crippen LogP contribution is -2.48. The van der Waals surface area contributed by atoms with Crippen LogP contribution in [0.25, 0.3) is 0 Å². The van der Waals surface area contributed by atoms with Gasteiger partial charge in [-0.3, -0.25) is 15.0 Å². The van der Waals surface area contributed by atoms with Gasteiger partial charge in [-0.2, -0.15) is 0 Å². The average molecular weight is 266 g/mol. The van der Waals surface area contributed by atoms with Gasteiger partial charge in [0.25, 0.3) is 0 Å². The lowest BCUT2D eigenvalue weighted by atomic mass is 10.2. The third-order valence-electron chi connectivity index (χ3n) is 3.65. The minimum Gasteiger partial charge on any atom is -0.345 e. The van der Waals surface area contributed by atoms with Crippen molar-refractivity contribution in [1.82, 2.24) is 21.1 Å². The molecule has 106 valence electrons. The zero-order valence-corrected chi connectivity index (χ0v) is 11.4. The highest BCUT2D eigenvalue weighted by molar-refractivity contribution is 6.35. The van der Waals surface area contributed by atoms with Gasteiger partial charge in [-0.15, -0.1) is 0 Å². The lowest BCUT2D eigenvalue weighted by molar-refractivity contribution is -0.140. The molecule has 0 unspecified atom stereocenters. The standard InChI is InChI=1S/C13H22N4O2/c1-17-8-6-11(7-9-17)15-16-13(19)12(18)14-10-4-2-3-5-10/h6,10,15H,2-5,7-9H2,1H3,(H,14,18)(H,16,19). The molecule has 1 aliphatic carbocycles. The SMILES string of the molecule is CN1CC=C(NNC(=O)C(=O)NC2CCCC2)CC1. The second kappa shape index (κ2) is 6.56. The molecule has 6 nitrogen and oxygen atoms in total. The van der Waals surface area contributed by atoms with Gasteiger partial charge in [-0.25, -0.2) is 0 Å².